The summed E-state index contributed by atoms with van der Waals surface area (Å²) in [6.07, 6.45) is 0.769. The summed E-state index contributed by atoms with van der Waals surface area (Å²) in [7, 11) is 0. The highest BCUT2D eigenvalue weighted by atomic mass is 16.5. The van der Waals surface area contributed by atoms with E-state index in [1.165, 1.54) is 0 Å². The van der Waals surface area contributed by atoms with Crippen LogP contribution in [0.25, 0.3) is 11.0 Å². The third kappa shape index (κ3) is 2.65. The maximum atomic E-state index is 12.2. The van der Waals surface area contributed by atoms with E-state index in [-0.39, 0.29) is 0 Å². The fraction of sp³-hybridized carbons (Fsp3) is 0.412. The first kappa shape index (κ1) is 15.4. The predicted octanol–water partition coefficient (Wildman–Crippen LogP) is 2.87. The fourth-order valence-corrected chi connectivity index (χ4v) is 2.61. The first-order valence-corrected chi connectivity index (χ1v) is 7.67. The number of carbonyl (C=O) groups excluding carboxylic acids is 1. The number of hydrogen-bond acceptors (Lipinski definition) is 4. The Bertz CT molecular complexity index is 759. The van der Waals surface area contributed by atoms with E-state index in [1.807, 2.05) is 31.2 Å². The third-order valence-electron chi connectivity index (χ3n) is 4.20. The number of fused-ring (bicyclic) bond motifs is 1. The van der Waals surface area contributed by atoms with Crippen molar-refractivity contribution in [1.29, 1.82) is 0 Å². The lowest BCUT2D eigenvalue weighted by atomic mass is 10.1. The SMILES string of the molecule is CCOc1cccc2cc(C(C)NC(=O)C3(C(=O)O)CC3)oc12. The van der Waals surface area contributed by atoms with Crippen LogP contribution in [-0.2, 0) is 9.59 Å². The summed E-state index contributed by atoms with van der Waals surface area (Å²) < 4.78 is 11.4. The van der Waals surface area contributed by atoms with Crippen LogP contribution in [-0.4, -0.2) is 23.6 Å². The lowest BCUT2D eigenvalue weighted by Gasteiger charge is -2.15. The Balaban J connectivity index is 1.81. The summed E-state index contributed by atoms with van der Waals surface area (Å²) >= 11 is 0. The molecule has 0 aliphatic heterocycles. The van der Waals surface area contributed by atoms with Gasteiger partial charge in [-0.05, 0) is 38.8 Å². The van der Waals surface area contributed by atoms with Gasteiger partial charge in [-0.3, -0.25) is 9.59 Å². The summed E-state index contributed by atoms with van der Waals surface area (Å²) in [5.74, 6) is -0.297. The monoisotopic (exact) mass is 317 g/mol. The number of amides is 1. The van der Waals surface area contributed by atoms with Gasteiger partial charge in [-0.2, -0.15) is 0 Å². The van der Waals surface area contributed by atoms with Crippen molar-refractivity contribution >= 4 is 22.8 Å². The Kier molecular flexibility index (Phi) is 3.75. The van der Waals surface area contributed by atoms with Crippen LogP contribution in [0.1, 0.15) is 38.5 Å². The molecule has 1 saturated carbocycles. The molecule has 1 aliphatic carbocycles. The largest absolute Gasteiger partial charge is 0.490 e. The number of nitrogens with one attached hydrogen (secondary N) is 1. The van der Waals surface area contributed by atoms with Crippen LogP contribution in [0.3, 0.4) is 0 Å². The molecule has 0 radical (unpaired) electrons. The highest BCUT2D eigenvalue weighted by molar-refractivity contribution is 6.05. The van der Waals surface area contributed by atoms with Crippen LogP contribution >= 0.6 is 0 Å². The second-order valence-corrected chi connectivity index (χ2v) is 5.84. The molecule has 6 nitrogen and oxygen atoms in total. The Labute approximate surface area is 133 Å². The minimum atomic E-state index is -1.25. The molecule has 1 unspecified atom stereocenters. The van der Waals surface area contributed by atoms with E-state index in [0.29, 0.717) is 36.5 Å². The zero-order chi connectivity index (χ0) is 16.6. The van der Waals surface area contributed by atoms with Crippen molar-refractivity contribution in [3.8, 4) is 5.75 Å². The van der Waals surface area contributed by atoms with Gasteiger partial charge in [0.05, 0.1) is 12.6 Å². The third-order valence-corrected chi connectivity index (χ3v) is 4.20. The maximum Gasteiger partial charge on any atom is 0.319 e. The zero-order valence-electron chi connectivity index (χ0n) is 13.1. The van der Waals surface area contributed by atoms with Crippen molar-refractivity contribution in [2.45, 2.75) is 32.7 Å². The number of carbonyl (C=O) groups is 2. The number of furan rings is 1. The van der Waals surface area contributed by atoms with Gasteiger partial charge in [0.1, 0.15) is 11.2 Å². The molecule has 2 aromatic rings. The summed E-state index contributed by atoms with van der Waals surface area (Å²) in [4.78, 5) is 23.4. The van der Waals surface area contributed by atoms with E-state index in [0.717, 1.165) is 5.39 Å². The van der Waals surface area contributed by atoms with Gasteiger partial charge in [0.15, 0.2) is 11.3 Å². The number of para-hydroxylation sites is 1. The van der Waals surface area contributed by atoms with E-state index < -0.39 is 23.3 Å². The molecule has 1 aromatic heterocycles. The number of hydrogen-bond donors (Lipinski definition) is 2. The fourth-order valence-electron chi connectivity index (χ4n) is 2.61. The number of carboxylic acid groups (broad SMARTS) is 1. The second kappa shape index (κ2) is 5.61. The molecule has 1 heterocycles. The average Bonchev–Trinajstić information content (AvgIpc) is 3.21. The van der Waals surface area contributed by atoms with Crippen molar-refractivity contribution in [2.24, 2.45) is 5.41 Å². The molecule has 1 atom stereocenters. The quantitative estimate of drug-likeness (QED) is 0.800. The molecule has 3 rings (SSSR count). The van der Waals surface area contributed by atoms with Gasteiger partial charge in [0.25, 0.3) is 0 Å². The van der Waals surface area contributed by atoms with Crippen LogP contribution in [0.2, 0.25) is 0 Å². The molecule has 0 bridgehead atoms. The first-order valence-electron chi connectivity index (χ1n) is 7.67. The summed E-state index contributed by atoms with van der Waals surface area (Å²) in [6, 6.07) is 7.02. The van der Waals surface area contributed by atoms with Gasteiger partial charge in [-0.1, -0.05) is 12.1 Å². The van der Waals surface area contributed by atoms with Crippen molar-refractivity contribution in [3.63, 3.8) is 0 Å². The molecule has 2 N–H and O–H groups in total. The van der Waals surface area contributed by atoms with Gasteiger partial charge in [-0.15, -0.1) is 0 Å². The molecule has 23 heavy (non-hydrogen) atoms. The van der Waals surface area contributed by atoms with Crippen LogP contribution in [0, 0.1) is 5.41 Å². The van der Waals surface area contributed by atoms with E-state index in [4.69, 9.17) is 14.3 Å². The molecule has 1 aliphatic rings. The lowest BCUT2D eigenvalue weighted by molar-refractivity contribution is -0.149. The molecule has 122 valence electrons. The standard InChI is InChI=1S/C17H19NO5/c1-3-22-12-6-4-5-11-9-13(23-14(11)12)10(2)18-15(19)17(7-8-17)16(20)21/h4-6,9-10H,3,7-8H2,1-2H3,(H,18,19)(H,20,21). The van der Waals surface area contributed by atoms with Crippen molar-refractivity contribution in [3.05, 3.63) is 30.0 Å². The second-order valence-electron chi connectivity index (χ2n) is 5.84. The summed E-state index contributed by atoms with van der Waals surface area (Å²) in [5, 5.41) is 12.8. The number of benzene rings is 1. The molecular weight excluding hydrogens is 298 g/mol. The molecule has 1 aromatic carbocycles. The van der Waals surface area contributed by atoms with Crippen LogP contribution < -0.4 is 10.1 Å². The number of ether oxygens (including phenoxy) is 1. The van der Waals surface area contributed by atoms with Gasteiger partial charge in [0, 0.05) is 5.39 Å². The Morgan fingerprint density at radius 1 is 1.43 bits per heavy atom. The normalized spacial score (nSPS) is 16.8. The van der Waals surface area contributed by atoms with Crippen LogP contribution in [0.15, 0.2) is 28.7 Å². The van der Waals surface area contributed by atoms with Crippen LogP contribution in [0.4, 0.5) is 0 Å². The Morgan fingerprint density at radius 3 is 2.78 bits per heavy atom. The van der Waals surface area contributed by atoms with Crippen molar-refractivity contribution < 1.29 is 23.8 Å². The van der Waals surface area contributed by atoms with Gasteiger partial charge in [-0.25, -0.2) is 0 Å². The molecule has 6 heteroatoms. The first-order chi connectivity index (χ1) is 11.0. The molecule has 1 amide bonds. The van der Waals surface area contributed by atoms with E-state index >= 15 is 0 Å². The zero-order valence-corrected chi connectivity index (χ0v) is 13.1. The van der Waals surface area contributed by atoms with E-state index in [1.54, 1.807) is 6.92 Å². The molecule has 1 fully saturated rings. The summed E-state index contributed by atoms with van der Waals surface area (Å²) in [6.45, 7) is 4.20. The smallest absolute Gasteiger partial charge is 0.319 e. The number of aliphatic carboxylic acids is 1. The Morgan fingerprint density at radius 2 is 2.17 bits per heavy atom. The van der Waals surface area contributed by atoms with Gasteiger partial charge in [0.2, 0.25) is 5.91 Å². The summed E-state index contributed by atoms with van der Waals surface area (Å²) in [5.41, 5.74) is -0.624. The average molecular weight is 317 g/mol. The number of carboxylic acids is 1. The molecule has 0 spiro atoms. The molecule has 0 saturated heterocycles. The minimum absolute atomic E-state index is 0.384. The maximum absolute atomic E-state index is 12.2. The predicted molar refractivity (Wildman–Crippen MR) is 83.2 cm³/mol. The highest BCUT2D eigenvalue weighted by Gasteiger charge is 2.57. The van der Waals surface area contributed by atoms with Gasteiger partial charge < -0.3 is 19.6 Å². The number of rotatable bonds is 6. The van der Waals surface area contributed by atoms with Crippen molar-refractivity contribution in [1.82, 2.24) is 5.32 Å². The Hall–Kier alpha value is -2.50. The lowest BCUT2D eigenvalue weighted by Crippen LogP contribution is -2.38. The highest BCUT2D eigenvalue weighted by Crippen LogP contribution is 2.46. The topological polar surface area (TPSA) is 88.8 Å². The van der Waals surface area contributed by atoms with Crippen molar-refractivity contribution in [2.75, 3.05) is 6.61 Å². The minimum Gasteiger partial charge on any atom is -0.490 e. The molecular formula is C17H19NO5. The van der Waals surface area contributed by atoms with Gasteiger partial charge >= 0.3 is 5.97 Å². The van der Waals surface area contributed by atoms with E-state index in [9.17, 15) is 9.59 Å². The van der Waals surface area contributed by atoms with Crippen LogP contribution in [0.5, 0.6) is 5.75 Å². The van der Waals surface area contributed by atoms with E-state index in [2.05, 4.69) is 5.32 Å².